The van der Waals surface area contributed by atoms with Gasteiger partial charge in [-0.25, -0.2) is 0 Å². The molecule has 3 rings (SSSR count). The van der Waals surface area contributed by atoms with Gasteiger partial charge in [0.25, 0.3) is 11.8 Å². The van der Waals surface area contributed by atoms with E-state index in [4.69, 9.17) is 9.47 Å². The van der Waals surface area contributed by atoms with Gasteiger partial charge in [0.1, 0.15) is 5.69 Å². The summed E-state index contributed by atoms with van der Waals surface area (Å²) in [5.74, 6) is 0.279. The first-order chi connectivity index (χ1) is 14.0. The Hall–Kier alpha value is -3.87. The number of pyridine rings is 1. The maximum absolute atomic E-state index is 12.6. The number of carbonyl (C=O) groups is 2. The molecule has 7 heteroatoms. The molecule has 0 saturated heterocycles. The van der Waals surface area contributed by atoms with E-state index >= 15 is 0 Å². The van der Waals surface area contributed by atoms with E-state index < -0.39 is 5.91 Å². The van der Waals surface area contributed by atoms with Crippen molar-refractivity contribution in [3.63, 3.8) is 0 Å². The lowest BCUT2D eigenvalue weighted by Crippen LogP contribution is -2.17. The molecule has 2 amide bonds. The van der Waals surface area contributed by atoms with Crippen LogP contribution in [0.3, 0.4) is 0 Å². The molecule has 2 N–H and O–H groups in total. The van der Waals surface area contributed by atoms with Crippen LogP contribution in [0.1, 0.15) is 26.4 Å². The summed E-state index contributed by atoms with van der Waals surface area (Å²) in [7, 11) is 3.05. The molecule has 148 valence electrons. The van der Waals surface area contributed by atoms with Crippen LogP contribution in [0.25, 0.3) is 0 Å². The second-order valence-corrected chi connectivity index (χ2v) is 6.27. The van der Waals surface area contributed by atoms with Crippen LogP contribution in [-0.2, 0) is 0 Å². The molecule has 0 radical (unpaired) electrons. The second-order valence-electron chi connectivity index (χ2n) is 6.27. The van der Waals surface area contributed by atoms with Crippen molar-refractivity contribution in [2.24, 2.45) is 0 Å². The first-order valence-electron chi connectivity index (χ1n) is 8.87. The summed E-state index contributed by atoms with van der Waals surface area (Å²) in [6.45, 7) is 1.97. The zero-order valence-corrected chi connectivity index (χ0v) is 16.4. The Morgan fingerprint density at radius 3 is 2.14 bits per heavy atom. The molecular weight excluding hydrogens is 370 g/mol. The van der Waals surface area contributed by atoms with Crippen LogP contribution >= 0.6 is 0 Å². The molecule has 1 heterocycles. The van der Waals surface area contributed by atoms with E-state index in [1.807, 2.05) is 31.2 Å². The predicted octanol–water partition coefficient (Wildman–Crippen LogP) is 3.91. The molecule has 0 aliphatic rings. The highest BCUT2D eigenvalue weighted by Crippen LogP contribution is 2.29. The van der Waals surface area contributed by atoms with E-state index in [1.165, 1.54) is 26.5 Å². The number of anilines is 2. The molecule has 2 aromatic carbocycles. The highest BCUT2D eigenvalue weighted by molar-refractivity contribution is 6.07. The van der Waals surface area contributed by atoms with Gasteiger partial charge in [-0.1, -0.05) is 17.7 Å². The molecule has 0 aliphatic carbocycles. The van der Waals surface area contributed by atoms with Crippen molar-refractivity contribution in [3.05, 3.63) is 77.6 Å². The van der Waals surface area contributed by atoms with E-state index in [0.29, 0.717) is 28.4 Å². The lowest BCUT2D eigenvalue weighted by Gasteiger charge is -2.11. The van der Waals surface area contributed by atoms with E-state index in [2.05, 4.69) is 15.6 Å². The summed E-state index contributed by atoms with van der Waals surface area (Å²) in [6, 6.07) is 15.5. The maximum atomic E-state index is 12.6. The second kappa shape index (κ2) is 8.88. The van der Waals surface area contributed by atoms with Crippen LogP contribution in [0.5, 0.6) is 11.5 Å². The van der Waals surface area contributed by atoms with Crippen LogP contribution in [-0.4, -0.2) is 31.0 Å². The third-order valence-corrected chi connectivity index (χ3v) is 4.21. The summed E-state index contributed by atoms with van der Waals surface area (Å²) in [6.07, 6.45) is 1.42. The quantitative estimate of drug-likeness (QED) is 0.665. The van der Waals surface area contributed by atoms with Gasteiger partial charge in [0, 0.05) is 29.2 Å². The Labute approximate surface area is 168 Å². The number of hydrogen-bond donors (Lipinski definition) is 2. The molecular formula is C22H21N3O4. The highest BCUT2D eigenvalue weighted by Gasteiger charge is 2.14. The summed E-state index contributed by atoms with van der Waals surface area (Å²) in [4.78, 5) is 29.1. The van der Waals surface area contributed by atoms with Gasteiger partial charge in [0.05, 0.1) is 14.2 Å². The molecule has 1 aromatic heterocycles. The van der Waals surface area contributed by atoms with Gasteiger partial charge in [0.15, 0.2) is 11.5 Å². The number of benzene rings is 2. The van der Waals surface area contributed by atoms with Gasteiger partial charge >= 0.3 is 0 Å². The minimum Gasteiger partial charge on any atom is -0.493 e. The van der Waals surface area contributed by atoms with Crippen molar-refractivity contribution in [1.82, 2.24) is 4.98 Å². The van der Waals surface area contributed by atoms with Crippen molar-refractivity contribution in [1.29, 1.82) is 0 Å². The van der Waals surface area contributed by atoms with Crippen molar-refractivity contribution in [3.8, 4) is 11.5 Å². The van der Waals surface area contributed by atoms with Crippen LogP contribution in [0.4, 0.5) is 11.4 Å². The summed E-state index contributed by atoms with van der Waals surface area (Å²) in [5, 5.41) is 5.54. The van der Waals surface area contributed by atoms with Crippen LogP contribution in [0.15, 0.2) is 60.8 Å². The number of aryl methyl sites for hydroxylation is 1. The zero-order chi connectivity index (χ0) is 20.8. The van der Waals surface area contributed by atoms with Crippen molar-refractivity contribution in [2.45, 2.75) is 6.92 Å². The minimum atomic E-state index is -0.442. The van der Waals surface area contributed by atoms with Gasteiger partial charge < -0.3 is 20.1 Å². The number of nitrogens with one attached hydrogen (secondary N) is 2. The lowest BCUT2D eigenvalue weighted by molar-refractivity contribution is 0.102. The molecule has 0 unspecified atom stereocenters. The number of amides is 2. The number of hydrogen-bond acceptors (Lipinski definition) is 5. The first-order valence-corrected chi connectivity index (χ1v) is 8.87. The average molecular weight is 391 g/mol. The Kier molecular flexibility index (Phi) is 6.09. The first kappa shape index (κ1) is 19.9. The van der Waals surface area contributed by atoms with E-state index in [0.717, 1.165) is 5.56 Å². The zero-order valence-electron chi connectivity index (χ0n) is 16.4. The number of methoxy groups -OCH3 is 2. The highest BCUT2D eigenvalue weighted by atomic mass is 16.5. The molecule has 3 aromatic rings. The number of ether oxygens (including phenoxy) is 2. The fourth-order valence-corrected chi connectivity index (χ4v) is 2.65. The predicted molar refractivity (Wildman–Crippen MR) is 111 cm³/mol. The van der Waals surface area contributed by atoms with Gasteiger partial charge in [-0.05, 0) is 43.3 Å². The van der Waals surface area contributed by atoms with E-state index in [-0.39, 0.29) is 11.6 Å². The van der Waals surface area contributed by atoms with Crippen molar-refractivity contribution >= 4 is 23.2 Å². The Balaban J connectivity index is 1.73. The lowest BCUT2D eigenvalue weighted by atomic mass is 10.2. The smallest absolute Gasteiger partial charge is 0.274 e. The van der Waals surface area contributed by atoms with E-state index in [1.54, 1.807) is 24.3 Å². The van der Waals surface area contributed by atoms with Gasteiger partial charge in [0.2, 0.25) is 0 Å². The van der Waals surface area contributed by atoms with Gasteiger partial charge in [-0.2, -0.15) is 0 Å². The maximum Gasteiger partial charge on any atom is 0.274 e. The molecule has 29 heavy (non-hydrogen) atoms. The van der Waals surface area contributed by atoms with Crippen LogP contribution in [0.2, 0.25) is 0 Å². The normalized spacial score (nSPS) is 10.2. The minimum absolute atomic E-state index is 0.122. The SMILES string of the molecule is COc1ccc(NC(=O)c2cc(C(=O)Nc3ccc(C)cc3)ccn2)cc1OC. The van der Waals surface area contributed by atoms with Crippen LogP contribution < -0.4 is 20.1 Å². The third-order valence-electron chi connectivity index (χ3n) is 4.21. The molecule has 0 saturated carbocycles. The van der Waals surface area contributed by atoms with Crippen LogP contribution in [0, 0.1) is 6.92 Å². The Bertz CT molecular complexity index is 1030. The fraction of sp³-hybridized carbons (Fsp3) is 0.136. The molecule has 0 aliphatic heterocycles. The Morgan fingerprint density at radius 1 is 0.793 bits per heavy atom. The monoisotopic (exact) mass is 391 g/mol. The van der Waals surface area contributed by atoms with Crippen molar-refractivity contribution in [2.75, 3.05) is 24.9 Å². The molecule has 0 bridgehead atoms. The number of carbonyl (C=O) groups excluding carboxylic acids is 2. The standard InChI is InChI=1S/C22H21N3O4/c1-14-4-6-16(7-5-14)24-21(26)15-10-11-23-18(12-15)22(27)25-17-8-9-19(28-2)20(13-17)29-3/h4-13H,1-3H3,(H,24,26)(H,25,27). The summed E-state index contributed by atoms with van der Waals surface area (Å²) in [5.41, 5.74) is 2.74. The fourth-order valence-electron chi connectivity index (χ4n) is 2.65. The number of rotatable bonds is 6. The van der Waals surface area contributed by atoms with E-state index in [9.17, 15) is 9.59 Å². The number of aromatic nitrogens is 1. The van der Waals surface area contributed by atoms with Gasteiger partial charge in [-0.3, -0.25) is 14.6 Å². The topological polar surface area (TPSA) is 89.5 Å². The number of nitrogens with zero attached hydrogens (tertiary/aromatic N) is 1. The Morgan fingerprint density at radius 2 is 1.45 bits per heavy atom. The summed E-state index contributed by atoms with van der Waals surface area (Å²) >= 11 is 0. The largest absolute Gasteiger partial charge is 0.493 e. The average Bonchev–Trinajstić information content (AvgIpc) is 2.75. The molecule has 0 spiro atoms. The molecule has 0 fully saturated rings. The van der Waals surface area contributed by atoms with Crippen molar-refractivity contribution < 1.29 is 19.1 Å². The van der Waals surface area contributed by atoms with Gasteiger partial charge in [-0.15, -0.1) is 0 Å². The summed E-state index contributed by atoms with van der Waals surface area (Å²) < 4.78 is 10.4. The molecule has 0 atom stereocenters. The molecule has 7 nitrogen and oxygen atoms in total. The third kappa shape index (κ3) is 4.90.